The van der Waals surface area contributed by atoms with Crippen LogP contribution in [0, 0.1) is 0 Å². The van der Waals surface area contributed by atoms with Crippen molar-refractivity contribution in [1.29, 1.82) is 0 Å². The van der Waals surface area contributed by atoms with Crippen LogP contribution >= 0.6 is 0 Å². The lowest BCUT2D eigenvalue weighted by Crippen LogP contribution is -2.26. The molecule has 4 aromatic rings. The van der Waals surface area contributed by atoms with E-state index in [0.29, 0.717) is 22.3 Å². The Balaban J connectivity index is 1.50. The van der Waals surface area contributed by atoms with Crippen LogP contribution in [0.25, 0.3) is 22.3 Å². The zero-order valence-electron chi connectivity index (χ0n) is 20.8. The van der Waals surface area contributed by atoms with Crippen LogP contribution in [0.4, 0.5) is 13.2 Å². The molecule has 1 atom stereocenters. The van der Waals surface area contributed by atoms with Gasteiger partial charge >= 0.3 is 6.18 Å². The predicted molar refractivity (Wildman–Crippen MR) is 136 cm³/mol. The number of nitrogens with two attached hydrogens (primary N) is 1. The number of benzene rings is 2. The van der Waals surface area contributed by atoms with Gasteiger partial charge in [-0.25, -0.2) is 0 Å². The third kappa shape index (κ3) is 5.89. The molecule has 2 heterocycles. The van der Waals surface area contributed by atoms with Crippen LogP contribution in [0.3, 0.4) is 0 Å². The average Bonchev–Trinajstić information content (AvgIpc) is 3.39. The van der Waals surface area contributed by atoms with Crippen molar-refractivity contribution in [3.63, 3.8) is 0 Å². The van der Waals surface area contributed by atoms with E-state index < -0.39 is 11.7 Å². The Labute approximate surface area is 213 Å². The highest BCUT2D eigenvalue weighted by Crippen LogP contribution is 2.34. The number of hydrogen-bond donors (Lipinski definition) is 2. The minimum Gasteiger partial charge on any atom is -0.345 e. The molecule has 0 fully saturated rings. The Bertz CT molecular complexity index is 1390. The smallest absolute Gasteiger partial charge is 0.345 e. The minimum absolute atomic E-state index is 0.118. The normalized spacial score (nSPS) is 12.5. The first-order chi connectivity index (χ1) is 17.6. The summed E-state index contributed by atoms with van der Waals surface area (Å²) >= 11 is 0. The van der Waals surface area contributed by atoms with Gasteiger partial charge in [-0.1, -0.05) is 30.3 Å². The Morgan fingerprint density at radius 2 is 1.70 bits per heavy atom. The summed E-state index contributed by atoms with van der Waals surface area (Å²) in [6, 6.07) is 12.3. The summed E-state index contributed by atoms with van der Waals surface area (Å²) in [6.07, 6.45) is 2.40. The fraction of sp³-hybridized carbons (Fsp3) is 0.250. The van der Waals surface area contributed by atoms with Crippen molar-refractivity contribution in [1.82, 2.24) is 20.1 Å². The van der Waals surface area contributed by atoms with Crippen LogP contribution in [0.1, 0.15) is 59.9 Å². The van der Waals surface area contributed by atoms with Crippen LogP contribution in [0.15, 0.2) is 73.3 Å². The van der Waals surface area contributed by atoms with Gasteiger partial charge in [0.15, 0.2) is 0 Å². The summed E-state index contributed by atoms with van der Waals surface area (Å²) in [7, 11) is 0. The predicted octanol–water partition coefficient (Wildman–Crippen LogP) is 6.16. The number of rotatable bonds is 7. The van der Waals surface area contributed by atoms with Crippen molar-refractivity contribution < 1.29 is 18.0 Å². The van der Waals surface area contributed by atoms with E-state index in [9.17, 15) is 18.0 Å². The summed E-state index contributed by atoms with van der Waals surface area (Å²) in [5.41, 5.74) is 9.58. The first kappa shape index (κ1) is 26.1. The lowest BCUT2D eigenvalue weighted by Gasteiger charge is -2.16. The number of carbonyl (C=O) groups excluding carboxylic acids is 1. The maximum Gasteiger partial charge on any atom is 0.416 e. The quantitative estimate of drug-likeness (QED) is 0.314. The molecule has 0 saturated heterocycles. The molecular formula is C28H28F3N5O. The molecule has 9 heteroatoms. The Kier molecular flexibility index (Phi) is 7.45. The largest absolute Gasteiger partial charge is 0.416 e. The minimum atomic E-state index is -4.44. The van der Waals surface area contributed by atoms with Crippen LogP contribution < -0.4 is 11.1 Å². The Morgan fingerprint density at radius 1 is 0.973 bits per heavy atom. The summed E-state index contributed by atoms with van der Waals surface area (Å²) in [4.78, 5) is 17.2. The fourth-order valence-corrected chi connectivity index (χ4v) is 4.01. The highest BCUT2D eigenvalue weighted by Gasteiger charge is 2.31. The first-order valence-electron chi connectivity index (χ1n) is 11.9. The van der Waals surface area contributed by atoms with Crippen molar-refractivity contribution in [3.8, 4) is 22.3 Å². The molecule has 0 bridgehead atoms. The number of alkyl halides is 3. The SMILES string of the molecule is CC(NC(=O)c1cncc(-c2cnn(C(C)C)c2)c1)c1ccc(-c2cc(C(F)(F)F)ccc2CN)cc1. The van der Waals surface area contributed by atoms with Gasteiger partial charge in [0.2, 0.25) is 0 Å². The third-order valence-electron chi connectivity index (χ3n) is 6.19. The van der Waals surface area contributed by atoms with Gasteiger partial charge in [0.05, 0.1) is 23.4 Å². The van der Waals surface area contributed by atoms with E-state index in [1.165, 1.54) is 12.3 Å². The van der Waals surface area contributed by atoms with Crippen LogP contribution in [-0.2, 0) is 12.7 Å². The molecule has 37 heavy (non-hydrogen) atoms. The second kappa shape index (κ2) is 10.6. The molecule has 0 saturated carbocycles. The molecule has 0 aliphatic carbocycles. The zero-order valence-corrected chi connectivity index (χ0v) is 20.8. The molecule has 2 aromatic carbocycles. The first-order valence-corrected chi connectivity index (χ1v) is 11.9. The molecule has 6 nitrogen and oxygen atoms in total. The molecule has 2 aromatic heterocycles. The van der Waals surface area contributed by atoms with E-state index in [1.54, 1.807) is 42.7 Å². The van der Waals surface area contributed by atoms with Gasteiger partial charge < -0.3 is 11.1 Å². The number of pyridine rings is 1. The average molecular weight is 508 g/mol. The number of carbonyl (C=O) groups is 1. The number of nitrogens with one attached hydrogen (secondary N) is 1. The van der Waals surface area contributed by atoms with Gasteiger partial charge in [-0.15, -0.1) is 0 Å². The van der Waals surface area contributed by atoms with E-state index in [2.05, 4.69) is 15.4 Å². The van der Waals surface area contributed by atoms with E-state index >= 15 is 0 Å². The van der Waals surface area contributed by atoms with Crippen molar-refractivity contribution in [3.05, 3.63) is 95.6 Å². The summed E-state index contributed by atoms with van der Waals surface area (Å²) in [5.74, 6) is -0.287. The molecule has 0 radical (unpaired) electrons. The number of halogens is 3. The number of hydrogen-bond acceptors (Lipinski definition) is 4. The van der Waals surface area contributed by atoms with Crippen molar-refractivity contribution in [2.45, 2.75) is 45.6 Å². The molecule has 3 N–H and O–H groups in total. The van der Waals surface area contributed by atoms with Gasteiger partial charge in [-0.05, 0) is 61.2 Å². The summed E-state index contributed by atoms with van der Waals surface area (Å²) in [5, 5.41) is 7.29. The van der Waals surface area contributed by atoms with Gasteiger partial charge in [-0.2, -0.15) is 18.3 Å². The van der Waals surface area contributed by atoms with E-state index in [-0.39, 0.29) is 24.5 Å². The number of nitrogens with zero attached hydrogens (tertiary/aromatic N) is 3. The van der Waals surface area contributed by atoms with Gasteiger partial charge in [0, 0.05) is 42.3 Å². The second-order valence-electron chi connectivity index (χ2n) is 9.16. The standard InChI is InChI=1S/C28H28F3N5O/c1-17(2)36-16-24(15-34-36)22-10-23(14-33-13-22)27(37)35-18(3)19-4-6-20(7-5-19)26-11-25(28(29,30)31)9-8-21(26)12-32/h4-11,13-18H,12,32H2,1-3H3,(H,35,37). The monoisotopic (exact) mass is 507 g/mol. The summed E-state index contributed by atoms with van der Waals surface area (Å²) < 4.78 is 41.5. The third-order valence-corrected chi connectivity index (χ3v) is 6.19. The van der Waals surface area contributed by atoms with Crippen molar-refractivity contribution in [2.75, 3.05) is 0 Å². The van der Waals surface area contributed by atoms with Gasteiger partial charge in [-0.3, -0.25) is 14.5 Å². The molecule has 0 aliphatic rings. The van der Waals surface area contributed by atoms with Crippen molar-refractivity contribution in [2.24, 2.45) is 5.73 Å². The zero-order chi connectivity index (χ0) is 26.7. The maximum atomic E-state index is 13.2. The Hall–Kier alpha value is -3.98. The second-order valence-corrected chi connectivity index (χ2v) is 9.16. The van der Waals surface area contributed by atoms with Gasteiger partial charge in [0.1, 0.15) is 0 Å². The van der Waals surface area contributed by atoms with Crippen molar-refractivity contribution >= 4 is 5.91 Å². The number of amides is 1. The topological polar surface area (TPSA) is 85.8 Å². The van der Waals surface area contributed by atoms with E-state index in [1.807, 2.05) is 31.6 Å². The lowest BCUT2D eigenvalue weighted by molar-refractivity contribution is -0.137. The molecule has 4 rings (SSSR count). The molecule has 1 unspecified atom stereocenters. The molecular weight excluding hydrogens is 479 g/mol. The molecule has 192 valence electrons. The molecule has 1 amide bonds. The van der Waals surface area contributed by atoms with Crippen LogP contribution in [0.5, 0.6) is 0 Å². The summed E-state index contributed by atoms with van der Waals surface area (Å²) in [6.45, 7) is 6.02. The maximum absolute atomic E-state index is 13.2. The highest BCUT2D eigenvalue weighted by atomic mass is 19.4. The number of aromatic nitrogens is 3. The van der Waals surface area contributed by atoms with E-state index in [4.69, 9.17) is 5.73 Å². The van der Waals surface area contributed by atoms with Crippen LogP contribution in [-0.4, -0.2) is 20.7 Å². The van der Waals surface area contributed by atoms with Crippen LogP contribution in [0.2, 0.25) is 0 Å². The molecule has 0 aliphatic heterocycles. The Morgan fingerprint density at radius 3 is 2.32 bits per heavy atom. The van der Waals surface area contributed by atoms with Gasteiger partial charge in [0.25, 0.3) is 5.91 Å². The highest BCUT2D eigenvalue weighted by molar-refractivity contribution is 5.95. The molecule has 0 spiro atoms. The van der Waals surface area contributed by atoms with E-state index in [0.717, 1.165) is 28.8 Å². The fourth-order valence-electron chi connectivity index (χ4n) is 4.01. The lowest BCUT2D eigenvalue weighted by atomic mass is 9.95.